The summed E-state index contributed by atoms with van der Waals surface area (Å²) >= 11 is 4.22. The Morgan fingerprint density at radius 2 is 1.89 bits per heavy atom. The molecule has 0 bridgehead atoms. The van der Waals surface area contributed by atoms with E-state index in [2.05, 4.69) is 68.7 Å². The molecule has 0 radical (unpaired) electrons. The third-order valence-electron chi connectivity index (χ3n) is 3.89. The maximum Gasteiger partial charge on any atom is 0.0294 e. The Labute approximate surface area is 126 Å². The molecule has 0 aliphatic carbocycles. The Hall–Kier alpha value is -0.120. The second-order valence-electron chi connectivity index (χ2n) is 5.49. The Morgan fingerprint density at radius 1 is 1.16 bits per heavy atom. The monoisotopic (exact) mass is 295 g/mol. The molecule has 19 heavy (non-hydrogen) atoms. The molecule has 1 saturated heterocycles. The lowest BCUT2D eigenvalue weighted by Gasteiger charge is -2.24. The summed E-state index contributed by atoms with van der Waals surface area (Å²) in [5, 5.41) is 4.51. The van der Waals surface area contributed by atoms with Crippen LogP contribution in [0, 0.1) is 20.8 Å². The molecule has 2 rings (SSSR count). The molecule has 1 aromatic rings. The average Bonchev–Trinajstić information content (AvgIpc) is 2.41. The van der Waals surface area contributed by atoms with E-state index < -0.39 is 0 Å². The van der Waals surface area contributed by atoms with Crippen LogP contribution in [-0.4, -0.2) is 29.1 Å². The highest BCUT2D eigenvalue weighted by Crippen LogP contribution is 2.25. The van der Waals surface area contributed by atoms with Crippen molar-refractivity contribution in [2.45, 2.75) is 39.0 Å². The zero-order valence-electron chi connectivity index (χ0n) is 12.5. The standard InChI is InChI=1S/C16H25NS2/c1-11-7-13(3)16(8-12(11)2)14(4)17-9-15-10-18-5-6-19-15/h7-8,14-15,17H,5-6,9-10H2,1-4H3. The zero-order chi connectivity index (χ0) is 13.8. The third kappa shape index (κ3) is 4.17. The van der Waals surface area contributed by atoms with Gasteiger partial charge in [-0.3, -0.25) is 0 Å². The van der Waals surface area contributed by atoms with Crippen LogP contribution >= 0.6 is 23.5 Å². The number of rotatable bonds is 4. The maximum atomic E-state index is 3.72. The summed E-state index contributed by atoms with van der Waals surface area (Å²) in [4.78, 5) is 0. The van der Waals surface area contributed by atoms with Crippen molar-refractivity contribution in [3.8, 4) is 0 Å². The average molecular weight is 296 g/mol. The summed E-state index contributed by atoms with van der Waals surface area (Å²) < 4.78 is 0. The van der Waals surface area contributed by atoms with Gasteiger partial charge in [0.25, 0.3) is 0 Å². The number of thioether (sulfide) groups is 2. The number of hydrogen-bond acceptors (Lipinski definition) is 3. The second kappa shape index (κ2) is 7.05. The van der Waals surface area contributed by atoms with Gasteiger partial charge in [-0.1, -0.05) is 12.1 Å². The van der Waals surface area contributed by atoms with E-state index >= 15 is 0 Å². The van der Waals surface area contributed by atoms with Crippen molar-refractivity contribution in [2.75, 3.05) is 23.8 Å². The van der Waals surface area contributed by atoms with Crippen molar-refractivity contribution in [1.29, 1.82) is 0 Å². The van der Waals surface area contributed by atoms with Gasteiger partial charge in [-0.2, -0.15) is 23.5 Å². The van der Waals surface area contributed by atoms with Crippen LogP contribution in [0.2, 0.25) is 0 Å². The van der Waals surface area contributed by atoms with E-state index in [0.717, 1.165) is 11.8 Å². The Bertz CT molecular complexity index is 425. The molecule has 1 N–H and O–H groups in total. The number of benzene rings is 1. The number of aryl methyl sites for hydroxylation is 3. The molecule has 1 aliphatic rings. The maximum absolute atomic E-state index is 3.72. The summed E-state index contributed by atoms with van der Waals surface area (Å²) in [6, 6.07) is 5.12. The van der Waals surface area contributed by atoms with Gasteiger partial charge in [-0.25, -0.2) is 0 Å². The molecule has 0 amide bonds. The summed E-state index contributed by atoms with van der Waals surface area (Å²) in [5.41, 5.74) is 5.66. The van der Waals surface area contributed by atoms with Gasteiger partial charge in [0.2, 0.25) is 0 Å². The topological polar surface area (TPSA) is 12.0 Å². The zero-order valence-corrected chi connectivity index (χ0v) is 14.1. The molecule has 1 aliphatic heterocycles. The highest BCUT2D eigenvalue weighted by atomic mass is 32.2. The predicted octanol–water partition coefficient (Wildman–Crippen LogP) is 4.11. The van der Waals surface area contributed by atoms with Gasteiger partial charge in [0.1, 0.15) is 0 Å². The fourth-order valence-electron chi connectivity index (χ4n) is 2.52. The molecular formula is C16H25NS2. The Balaban J connectivity index is 1.95. The molecule has 106 valence electrons. The van der Waals surface area contributed by atoms with E-state index in [1.54, 1.807) is 0 Å². The Morgan fingerprint density at radius 3 is 2.58 bits per heavy atom. The van der Waals surface area contributed by atoms with Gasteiger partial charge in [-0.05, 0) is 49.9 Å². The minimum absolute atomic E-state index is 0.451. The third-order valence-corrected chi connectivity index (χ3v) is 6.73. The molecule has 0 aromatic heterocycles. The normalized spacial score (nSPS) is 21.4. The summed E-state index contributed by atoms with van der Waals surface area (Å²) in [6.45, 7) is 10.0. The van der Waals surface area contributed by atoms with Gasteiger partial charge in [0, 0.05) is 35.1 Å². The number of hydrogen-bond donors (Lipinski definition) is 1. The molecule has 1 heterocycles. The quantitative estimate of drug-likeness (QED) is 0.898. The minimum Gasteiger partial charge on any atom is -0.309 e. The molecule has 2 unspecified atom stereocenters. The lowest BCUT2D eigenvalue weighted by atomic mass is 9.96. The Kier molecular flexibility index (Phi) is 5.67. The van der Waals surface area contributed by atoms with Crippen molar-refractivity contribution in [1.82, 2.24) is 5.32 Å². The van der Waals surface area contributed by atoms with Crippen LogP contribution in [0.15, 0.2) is 12.1 Å². The largest absolute Gasteiger partial charge is 0.309 e. The molecule has 1 fully saturated rings. The first kappa shape index (κ1) is 15.3. The molecule has 1 nitrogen and oxygen atoms in total. The van der Waals surface area contributed by atoms with Gasteiger partial charge < -0.3 is 5.32 Å². The SMILES string of the molecule is Cc1cc(C)c(C(C)NCC2CSCCS2)cc1C. The summed E-state index contributed by atoms with van der Waals surface area (Å²) in [6.07, 6.45) is 0. The first-order valence-electron chi connectivity index (χ1n) is 7.08. The van der Waals surface area contributed by atoms with Gasteiger partial charge in [0.05, 0.1) is 0 Å². The van der Waals surface area contributed by atoms with Crippen molar-refractivity contribution < 1.29 is 0 Å². The van der Waals surface area contributed by atoms with Gasteiger partial charge in [-0.15, -0.1) is 0 Å². The van der Waals surface area contributed by atoms with Gasteiger partial charge in [0.15, 0.2) is 0 Å². The first-order chi connectivity index (χ1) is 9.08. The summed E-state index contributed by atoms with van der Waals surface area (Å²) in [7, 11) is 0. The molecule has 0 saturated carbocycles. The lowest BCUT2D eigenvalue weighted by Crippen LogP contribution is -2.31. The van der Waals surface area contributed by atoms with Crippen LogP contribution in [0.5, 0.6) is 0 Å². The van der Waals surface area contributed by atoms with Gasteiger partial charge >= 0.3 is 0 Å². The van der Waals surface area contributed by atoms with Crippen LogP contribution in [-0.2, 0) is 0 Å². The van der Waals surface area contributed by atoms with E-state index in [0.29, 0.717) is 6.04 Å². The van der Waals surface area contributed by atoms with Crippen molar-refractivity contribution in [3.05, 3.63) is 34.4 Å². The number of nitrogens with one attached hydrogen (secondary N) is 1. The molecule has 1 aromatic carbocycles. The van der Waals surface area contributed by atoms with Crippen LogP contribution in [0.1, 0.15) is 35.2 Å². The van der Waals surface area contributed by atoms with E-state index in [9.17, 15) is 0 Å². The predicted molar refractivity (Wildman–Crippen MR) is 90.6 cm³/mol. The lowest BCUT2D eigenvalue weighted by molar-refractivity contribution is 0.574. The fourth-order valence-corrected chi connectivity index (χ4v) is 5.15. The van der Waals surface area contributed by atoms with E-state index in [4.69, 9.17) is 0 Å². The molecular weight excluding hydrogens is 270 g/mol. The highest BCUT2D eigenvalue weighted by Gasteiger charge is 2.16. The molecule has 3 heteroatoms. The van der Waals surface area contributed by atoms with E-state index in [1.807, 2.05) is 0 Å². The van der Waals surface area contributed by atoms with Crippen LogP contribution in [0.4, 0.5) is 0 Å². The van der Waals surface area contributed by atoms with E-state index in [1.165, 1.54) is 39.5 Å². The highest BCUT2D eigenvalue weighted by molar-refractivity contribution is 8.06. The van der Waals surface area contributed by atoms with Crippen molar-refractivity contribution >= 4 is 23.5 Å². The fraction of sp³-hybridized carbons (Fsp3) is 0.625. The first-order valence-corrected chi connectivity index (χ1v) is 9.28. The van der Waals surface area contributed by atoms with Crippen molar-refractivity contribution in [2.24, 2.45) is 0 Å². The summed E-state index contributed by atoms with van der Waals surface area (Å²) in [5.74, 6) is 3.94. The minimum atomic E-state index is 0.451. The molecule has 2 atom stereocenters. The van der Waals surface area contributed by atoms with Crippen LogP contribution in [0.3, 0.4) is 0 Å². The van der Waals surface area contributed by atoms with Crippen molar-refractivity contribution in [3.63, 3.8) is 0 Å². The van der Waals surface area contributed by atoms with E-state index in [-0.39, 0.29) is 0 Å². The second-order valence-corrected chi connectivity index (χ2v) is 8.05. The van der Waals surface area contributed by atoms with Crippen LogP contribution < -0.4 is 5.32 Å². The smallest absolute Gasteiger partial charge is 0.0294 e. The molecule has 0 spiro atoms. The van der Waals surface area contributed by atoms with Crippen LogP contribution in [0.25, 0.3) is 0 Å².